The van der Waals surface area contributed by atoms with Crippen molar-refractivity contribution in [2.75, 3.05) is 56.9 Å². The molecule has 146 valence electrons. The van der Waals surface area contributed by atoms with Crippen molar-refractivity contribution in [3.8, 4) is 0 Å². The largest absolute Gasteiger partial charge is 0.478 e. The number of rotatable bonds is 5. The molecule has 0 aliphatic carbocycles. The fraction of sp³-hybridized carbons (Fsp3) is 0.368. The fourth-order valence-corrected chi connectivity index (χ4v) is 3.55. The zero-order valence-corrected chi connectivity index (χ0v) is 15.5. The van der Waals surface area contributed by atoms with Gasteiger partial charge in [-0.1, -0.05) is 6.07 Å². The lowest BCUT2D eigenvalue weighted by Crippen LogP contribution is -2.45. The van der Waals surface area contributed by atoms with Crippen molar-refractivity contribution in [3.05, 3.63) is 29.5 Å². The second-order valence-electron chi connectivity index (χ2n) is 7.10. The molecule has 1 aromatic heterocycles. The topological polar surface area (TPSA) is 115 Å². The van der Waals surface area contributed by atoms with Gasteiger partial charge in [0.15, 0.2) is 0 Å². The highest BCUT2D eigenvalue weighted by atomic mass is 16.4. The smallest absolute Gasteiger partial charge is 0.335 e. The number of benzene rings is 1. The minimum atomic E-state index is -1.05. The Morgan fingerprint density at radius 3 is 2.68 bits per heavy atom. The van der Waals surface area contributed by atoms with E-state index < -0.39 is 17.7 Å². The molecule has 4 rings (SSSR count). The minimum absolute atomic E-state index is 0.0719. The predicted octanol–water partition coefficient (Wildman–Crippen LogP) is 0.727. The highest BCUT2D eigenvalue weighted by Crippen LogP contribution is 2.35. The molecule has 1 aromatic carbocycles. The minimum Gasteiger partial charge on any atom is -0.478 e. The first kappa shape index (κ1) is 18.3. The number of aromatic nitrogens is 1. The number of hydrogen-bond donors (Lipinski definition) is 3. The zero-order chi connectivity index (χ0) is 19.8. The monoisotopic (exact) mass is 383 g/mol. The Bertz CT molecular complexity index is 982. The molecule has 0 radical (unpaired) electrons. The van der Waals surface area contributed by atoms with Crippen LogP contribution in [0.1, 0.15) is 20.8 Å². The molecule has 0 atom stereocenters. The van der Waals surface area contributed by atoms with Crippen molar-refractivity contribution in [1.82, 2.24) is 14.8 Å². The van der Waals surface area contributed by atoms with E-state index in [1.54, 1.807) is 6.07 Å². The van der Waals surface area contributed by atoms with Crippen LogP contribution in [0.4, 0.5) is 11.5 Å². The van der Waals surface area contributed by atoms with Crippen LogP contribution < -0.4 is 10.6 Å². The van der Waals surface area contributed by atoms with E-state index in [1.807, 2.05) is 0 Å². The highest BCUT2D eigenvalue weighted by Gasteiger charge is 2.32. The summed E-state index contributed by atoms with van der Waals surface area (Å²) in [5.41, 5.74) is 0.529. The van der Waals surface area contributed by atoms with E-state index in [0.29, 0.717) is 28.8 Å². The maximum absolute atomic E-state index is 12.1. The van der Waals surface area contributed by atoms with Gasteiger partial charge in [-0.2, -0.15) is 0 Å². The summed E-state index contributed by atoms with van der Waals surface area (Å²) in [6, 6.07) is 4.57. The van der Waals surface area contributed by atoms with E-state index in [9.17, 15) is 19.5 Å². The molecule has 2 aliphatic rings. The summed E-state index contributed by atoms with van der Waals surface area (Å²) < 4.78 is 0. The van der Waals surface area contributed by atoms with Gasteiger partial charge in [0, 0.05) is 50.0 Å². The van der Waals surface area contributed by atoms with Gasteiger partial charge in [0.25, 0.3) is 11.7 Å². The van der Waals surface area contributed by atoms with Crippen molar-refractivity contribution in [1.29, 1.82) is 0 Å². The molecule has 3 heterocycles. The second kappa shape index (κ2) is 7.17. The first-order valence-electron chi connectivity index (χ1n) is 9.15. The lowest BCUT2D eigenvalue weighted by atomic mass is 10.0. The summed E-state index contributed by atoms with van der Waals surface area (Å²) >= 11 is 0. The molecule has 1 saturated heterocycles. The molecule has 2 aromatic rings. The second-order valence-corrected chi connectivity index (χ2v) is 7.10. The molecule has 0 bridgehead atoms. The molecular weight excluding hydrogens is 362 g/mol. The summed E-state index contributed by atoms with van der Waals surface area (Å²) in [4.78, 5) is 44.2. The van der Waals surface area contributed by atoms with Gasteiger partial charge in [-0.15, -0.1) is 0 Å². The van der Waals surface area contributed by atoms with Crippen LogP contribution in [0.15, 0.2) is 18.2 Å². The van der Waals surface area contributed by atoms with Crippen LogP contribution in [0.2, 0.25) is 0 Å². The number of hydrogen-bond acceptors (Lipinski definition) is 7. The van der Waals surface area contributed by atoms with Crippen molar-refractivity contribution >= 4 is 39.9 Å². The van der Waals surface area contributed by atoms with E-state index in [1.165, 1.54) is 12.1 Å². The molecule has 9 nitrogen and oxygen atoms in total. The fourth-order valence-electron chi connectivity index (χ4n) is 3.55. The van der Waals surface area contributed by atoms with Crippen LogP contribution in [-0.4, -0.2) is 83.9 Å². The summed E-state index contributed by atoms with van der Waals surface area (Å²) in [6.45, 7) is 5.40. The van der Waals surface area contributed by atoms with Crippen molar-refractivity contribution in [3.63, 3.8) is 0 Å². The van der Waals surface area contributed by atoms with Gasteiger partial charge in [-0.3, -0.25) is 14.5 Å². The normalized spacial score (nSPS) is 17.6. The molecule has 0 spiro atoms. The molecule has 1 amide bonds. The number of likely N-dealkylation sites (N-methyl/N-ethyl adjacent to an activating group) is 1. The Labute approximate surface area is 161 Å². The first-order chi connectivity index (χ1) is 13.4. The number of carbonyl (C=O) groups excluding carboxylic acids is 2. The number of amides is 1. The van der Waals surface area contributed by atoms with Gasteiger partial charge < -0.3 is 20.6 Å². The van der Waals surface area contributed by atoms with Crippen LogP contribution in [0, 0.1) is 0 Å². The Balaban J connectivity index is 1.63. The molecule has 3 N–H and O–H groups in total. The van der Waals surface area contributed by atoms with Gasteiger partial charge in [0.1, 0.15) is 11.5 Å². The van der Waals surface area contributed by atoms with Crippen LogP contribution in [-0.2, 0) is 4.79 Å². The number of fused-ring (bicyclic) bond motifs is 3. The Hall–Kier alpha value is -3.04. The van der Waals surface area contributed by atoms with E-state index in [2.05, 4.69) is 32.5 Å². The zero-order valence-electron chi connectivity index (χ0n) is 15.5. The third-order valence-corrected chi connectivity index (χ3v) is 5.23. The summed E-state index contributed by atoms with van der Waals surface area (Å²) in [7, 11) is 2.10. The molecule has 0 unspecified atom stereocenters. The standard InChI is InChI=1S/C19H21N5O4/c1-23-6-8-24(9-7-23)5-4-20-17-13-10-11(19(27)28)2-3-12(13)14-15(21-17)16(25)18(26)22-14/h2-3,10H,4-9H2,1H3,(H,20,21)(H,27,28)(H,22,25,26). The quantitative estimate of drug-likeness (QED) is 0.648. The SMILES string of the molecule is CN1CCN(CCNc2nc3c(c4ccc(C(=O)O)cc24)NC(=O)C3=O)CC1. The number of carboxylic acids is 1. The number of piperazine rings is 1. The van der Waals surface area contributed by atoms with E-state index in [-0.39, 0.29) is 11.3 Å². The predicted molar refractivity (Wildman–Crippen MR) is 104 cm³/mol. The lowest BCUT2D eigenvalue weighted by Gasteiger charge is -2.32. The number of ketones is 1. The first-order valence-corrected chi connectivity index (χ1v) is 9.15. The number of pyridine rings is 1. The molecule has 1 fully saturated rings. The summed E-state index contributed by atoms with van der Waals surface area (Å²) in [5, 5.41) is 16.2. The molecule has 0 saturated carbocycles. The van der Waals surface area contributed by atoms with Gasteiger partial charge in [-0.05, 0) is 19.2 Å². The van der Waals surface area contributed by atoms with Crippen LogP contribution in [0.25, 0.3) is 10.8 Å². The van der Waals surface area contributed by atoms with E-state index in [0.717, 1.165) is 32.7 Å². The van der Waals surface area contributed by atoms with Crippen molar-refractivity contribution < 1.29 is 19.5 Å². The average molecular weight is 383 g/mol. The lowest BCUT2D eigenvalue weighted by molar-refractivity contribution is -0.112. The average Bonchev–Trinajstić information content (AvgIpc) is 2.97. The van der Waals surface area contributed by atoms with E-state index in [4.69, 9.17) is 0 Å². The maximum Gasteiger partial charge on any atom is 0.335 e. The number of anilines is 2. The Kier molecular flexibility index (Phi) is 4.70. The molecule has 28 heavy (non-hydrogen) atoms. The van der Waals surface area contributed by atoms with Crippen LogP contribution >= 0.6 is 0 Å². The molecular formula is C19H21N5O4. The van der Waals surface area contributed by atoms with Crippen LogP contribution in [0.3, 0.4) is 0 Å². The number of nitrogens with zero attached hydrogens (tertiary/aromatic N) is 3. The van der Waals surface area contributed by atoms with Gasteiger partial charge >= 0.3 is 5.97 Å². The van der Waals surface area contributed by atoms with Gasteiger partial charge in [-0.25, -0.2) is 9.78 Å². The number of carbonyl (C=O) groups is 3. The van der Waals surface area contributed by atoms with Crippen LogP contribution in [0.5, 0.6) is 0 Å². The number of nitrogens with one attached hydrogen (secondary N) is 2. The maximum atomic E-state index is 12.1. The number of carboxylic acid groups (broad SMARTS) is 1. The summed E-state index contributed by atoms with van der Waals surface area (Å²) in [6.07, 6.45) is 0. The Morgan fingerprint density at radius 1 is 1.21 bits per heavy atom. The molecule has 2 aliphatic heterocycles. The number of Topliss-reactive ketones (excluding diaryl/α,β-unsaturated/α-hetero) is 1. The van der Waals surface area contributed by atoms with Gasteiger partial charge in [0.2, 0.25) is 0 Å². The third-order valence-electron chi connectivity index (χ3n) is 5.23. The highest BCUT2D eigenvalue weighted by molar-refractivity contribution is 6.52. The van der Waals surface area contributed by atoms with Crippen molar-refractivity contribution in [2.45, 2.75) is 0 Å². The van der Waals surface area contributed by atoms with E-state index >= 15 is 0 Å². The Morgan fingerprint density at radius 2 is 1.96 bits per heavy atom. The third kappa shape index (κ3) is 3.30. The summed E-state index contributed by atoms with van der Waals surface area (Å²) in [5.74, 6) is -2.04. The van der Waals surface area contributed by atoms with Crippen molar-refractivity contribution in [2.24, 2.45) is 0 Å². The molecule has 9 heteroatoms. The van der Waals surface area contributed by atoms with Gasteiger partial charge in [0.05, 0.1) is 11.3 Å². The number of aromatic carboxylic acids is 1.